The number of benzene rings is 1. The molecule has 4 rings (SSSR count). The number of fused-ring (bicyclic) bond motifs is 5. The Morgan fingerprint density at radius 1 is 1.32 bits per heavy atom. The molecule has 3 heterocycles. The van der Waals surface area contributed by atoms with Crippen LogP contribution in [0, 0.1) is 11.8 Å². The van der Waals surface area contributed by atoms with Crippen molar-refractivity contribution in [3.8, 4) is 0 Å². The van der Waals surface area contributed by atoms with E-state index in [0.29, 0.717) is 18.6 Å². The minimum Gasteiger partial charge on any atom is -0.466 e. The molecule has 4 nitrogen and oxygen atoms in total. The second-order valence-corrected chi connectivity index (χ2v) is 7.47. The second kappa shape index (κ2) is 6.83. The molecule has 4 heteroatoms. The fourth-order valence-electron chi connectivity index (χ4n) is 4.91. The molecule has 0 aliphatic carbocycles. The SMILES string of the molecule is CCC[C@@H]1C[C@H]2c3[nH]c4ccccc4c3CCN2C[C@@H]1C(=O)OCC. The highest BCUT2D eigenvalue weighted by atomic mass is 16.5. The predicted octanol–water partition coefficient (Wildman–Crippen LogP) is 4.07. The van der Waals surface area contributed by atoms with Gasteiger partial charge in [0.15, 0.2) is 0 Å². The van der Waals surface area contributed by atoms with E-state index in [9.17, 15) is 4.79 Å². The molecular weight excluding hydrogens is 312 g/mol. The Balaban J connectivity index is 1.66. The maximum atomic E-state index is 12.5. The number of esters is 1. The van der Waals surface area contributed by atoms with Gasteiger partial charge in [-0.2, -0.15) is 0 Å². The molecule has 0 amide bonds. The number of ether oxygens (including phenoxy) is 1. The van der Waals surface area contributed by atoms with Gasteiger partial charge in [-0.05, 0) is 43.7 Å². The van der Waals surface area contributed by atoms with Crippen molar-refractivity contribution < 1.29 is 9.53 Å². The van der Waals surface area contributed by atoms with E-state index in [2.05, 4.69) is 41.1 Å². The smallest absolute Gasteiger partial charge is 0.310 e. The minimum atomic E-state index is 0.00171. The summed E-state index contributed by atoms with van der Waals surface area (Å²) in [7, 11) is 0. The third-order valence-corrected chi connectivity index (χ3v) is 6.04. The van der Waals surface area contributed by atoms with Crippen LogP contribution >= 0.6 is 0 Å². The summed E-state index contributed by atoms with van der Waals surface area (Å²) in [6.07, 6.45) is 4.33. The molecule has 0 saturated carbocycles. The second-order valence-electron chi connectivity index (χ2n) is 7.47. The molecule has 1 N–H and O–H groups in total. The van der Waals surface area contributed by atoms with Crippen LogP contribution in [0.1, 0.15) is 50.4 Å². The highest BCUT2D eigenvalue weighted by molar-refractivity contribution is 5.85. The lowest BCUT2D eigenvalue weighted by molar-refractivity contribution is -0.153. The summed E-state index contributed by atoms with van der Waals surface area (Å²) >= 11 is 0. The van der Waals surface area contributed by atoms with Crippen LogP contribution in [-0.2, 0) is 16.0 Å². The van der Waals surface area contributed by atoms with Gasteiger partial charge in [-0.3, -0.25) is 9.69 Å². The fraction of sp³-hybridized carbons (Fsp3) is 0.571. The standard InChI is InChI=1S/C21H28N2O2/c1-3-7-14-12-19-20-16(15-8-5-6-9-18(15)22-20)10-11-23(19)13-17(14)21(24)25-4-2/h5-6,8-9,14,17,19,22H,3-4,7,10-13H2,1-2H3/t14-,17+,19+/m1/s1. The van der Waals surface area contributed by atoms with Crippen LogP contribution in [0.4, 0.5) is 0 Å². The lowest BCUT2D eigenvalue weighted by Gasteiger charge is -2.45. The molecule has 25 heavy (non-hydrogen) atoms. The molecule has 1 fully saturated rings. The van der Waals surface area contributed by atoms with E-state index in [4.69, 9.17) is 4.74 Å². The first-order valence-electron chi connectivity index (χ1n) is 9.73. The lowest BCUT2D eigenvalue weighted by atomic mass is 9.76. The van der Waals surface area contributed by atoms with E-state index < -0.39 is 0 Å². The number of aromatic amines is 1. The third kappa shape index (κ3) is 2.86. The van der Waals surface area contributed by atoms with Crippen molar-refractivity contribution in [2.45, 2.75) is 45.6 Å². The largest absolute Gasteiger partial charge is 0.466 e. The number of hydrogen-bond acceptors (Lipinski definition) is 3. The number of nitrogens with zero attached hydrogens (tertiary/aromatic N) is 1. The normalized spacial score (nSPS) is 26.2. The Bertz CT molecular complexity index is 766. The number of carbonyl (C=O) groups is 1. The topological polar surface area (TPSA) is 45.3 Å². The molecule has 2 aliphatic rings. The summed E-state index contributed by atoms with van der Waals surface area (Å²) in [6, 6.07) is 9.04. The number of carbonyl (C=O) groups excluding carboxylic acids is 1. The molecule has 0 radical (unpaired) electrons. The fourth-order valence-corrected chi connectivity index (χ4v) is 4.91. The number of H-pyrrole nitrogens is 1. The van der Waals surface area contributed by atoms with Gasteiger partial charge in [0.1, 0.15) is 0 Å². The molecule has 1 aromatic carbocycles. The number of hydrogen-bond donors (Lipinski definition) is 1. The highest BCUT2D eigenvalue weighted by Crippen LogP contribution is 2.44. The number of para-hydroxylation sites is 1. The monoisotopic (exact) mass is 340 g/mol. The first-order valence-corrected chi connectivity index (χ1v) is 9.73. The summed E-state index contributed by atoms with van der Waals surface area (Å²) in [6.45, 7) is 6.46. The van der Waals surface area contributed by atoms with Crippen molar-refractivity contribution in [3.63, 3.8) is 0 Å². The molecule has 2 aromatic rings. The molecule has 0 spiro atoms. The summed E-state index contributed by atoms with van der Waals surface area (Å²) in [5, 5.41) is 1.37. The van der Waals surface area contributed by atoms with Gasteiger partial charge < -0.3 is 9.72 Å². The zero-order valence-corrected chi connectivity index (χ0v) is 15.3. The average Bonchev–Trinajstić information content (AvgIpc) is 3.01. The molecule has 134 valence electrons. The third-order valence-electron chi connectivity index (χ3n) is 6.04. The van der Waals surface area contributed by atoms with E-state index in [1.54, 1.807) is 0 Å². The van der Waals surface area contributed by atoms with Crippen molar-refractivity contribution in [3.05, 3.63) is 35.5 Å². The van der Waals surface area contributed by atoms with E-state index in [-0.39, 0.29) is 11.9 Å². The van der Waals surface area contributed by atoms with Gasteiger partial charge in [-0.1, -0.05) is 31.5 Å². The maximum Gasteiger partial charge on any atom is 0.310 e. The van der Waals surface area contributed by atoms with Crippen molar-refractivity contribution in [1.29, 1.82) is 0 Å². The molecular formula is C21H28N2O2. The van der Waals surface area contributed by atoms with Crippen LogP contribution in [0.2, 0.25) is 0 Å². The van der Waals surface area contributed by atoms with Crippen LogP contribution in [0.25, 0.3) is 10.9 Å². The Hall–Kier alpha value is -1.81. The minimum absolute atomic E-state index is 0.00171. The Morgan fingerprint density at radius 2 is 2.16 bits per heavy atom. The highest BCUT2D eigenvalue weighted by Gasteiger charge is 2.42. The lowest BCUT2D eigenvalue weighted by Crippen LogP contribution is -2.48. The van der Waals surface area contributed by atoms with E-state index in [0.717, 1.165) is 38.8 Å². The Kier molecular flexibility index (Phi) is 4.55. The average molecular weight is 340 g/mol. The number of aromatic nitrogens is 1. The van der Waals surface area contributed by atoms with Gasteiger partial charge in [0, 0.05) is 29.7 Å². The van der Waals surface area contributed by atoms with Gasteiger partial charge in [0.05, 0.1) is 18.6 Å². The van der Waals surface area contributed by atoms with Crippen molar-refractivity contribution >= 4 is 16.9 Å². The van der Waals surface area contributed by atoms with Crippen LogP contribution in [-0.4, -0.2) is 35.5 Å². The zero-order valence-electron chi connectivity index (χ0n) is 15.3. The molecule has 0 bridgehead atoms. The van der Waals surface area contributed by atoms with Gasteiger partial charge in [0.2, 0.25) is 0 Å². The van der Waals surface area contributed by atoms with Crippen LogP contribution in [0.3, 0.4) is 0 Å². The summed E-state index contributed by atoms with van der Waals surface area (Å²) < 4.78 is 5.38. The molecule has 2 aliphatic heterocycles. The van der Waals surface area contributed by atoms with Crippen molar-refractivity contribution in [2.75, 3.05) is 19.7 Å². The van der Waals surface area contributed by atoms with E-state index in [1.807, 2.05) is 6.92 Å². The molecule has 0 unspecified atom stereocenters. The van der Waals surface area contributed by atoms with E-state index >= 15 is 0 Å². The number of piperidine rings is 1. The predicted molar refractivity (Wildman–Crippen MR) is 99.5 cm³/mol. The van der Waals surface area contributed by atoms with Crippen LogP contribution < -0.4 is 0 Å². The number of nitrogens with one attached hydrogen (secondary N) is 1. The van der Waals surface area contributed by atoms with Crippen molar-refractivity contribution in [2.24, 2.45) is 11.8 Å². The summed E-state index contributed by atoms with van der Waals surface area (Å²) in [5.41, 5.74) is 4.12. The molecule has 1 saturated heterocycles. The van der Waals surface area contributed by atoms with Gasteiger partial charge in [0.25, 0.3) is 0 Å². The first-order chi connectivity index (χ1) is 12.2. The quantitative estimate of drug-likeness (QED) is 0.854. The summed E-state index contributed by atoms with van der Waals surface area (Å²) in [5.74, 6) is 0.451. The molecule has 1 aromatic heterocycles. The van der Waals surface area contributed by atoms with Crippen molar-refractivity contribution in [1.82, 2.24) is 9.88 Å². The Labute approximate surface area is 149 Å². The zero-order chi connectivity index (χ0) is 17.4. The van der Waals surface area contributed by atoms with Crippen LogP contribution in [0.5, 0.6) is 0 Å². The summed E-state index contributed by atoms with van der Waals surface area (Å²) in [4.78, 5) is 18.7. The first kappa shape index (κ1) is 16.6. The number of rotatable bonds is 4. The van der Waals surface area contributed by atoms with Gasteiger partial charge in [-0.15, -0.1) is 0 Å². The van der Waals surface area contributed by atoms with Gasteiger partial charge in [-0.25, -0.2) is 0 Å². The van der Waals surface area contributed by atoms with Gasteiger partial charge >= 0.3 is 5.97 Å². The van der Waals surface area contributed by atoms with E-state index in [1.165, 1.54) is 22.2 Å². The molecule has 3 atom stereocenters. The van der Waals surface area contributed by atoms with Crippen LogP contribution in [0.15, 0.2) is 24.3 Å². The maximum absolute atomic E-state index is 12.5. The Morgan fingerprint density at radius 3 is 2.96 bits per heavy atom.